The second-order valence-electron chi connectivity index (χ2n) is 8.84. The van der Waals surface area contributed by atoms with E-state index < -0.39 is 9.84 Å². The van der Waals surface area contributed by atoms with E-state index in [2.05, 4.69) is 10.3 Å². The normalized spacial score (nSPS) is 14.8. The highest BCUT2D eigenvalue weighted by Gasteiger charge is 2.20. The van der Waals surface area contributed by atoms with Crippen LogP contribution in [-0.4, -0.2) is 23.7 Å². The maximum atomic E-state index is 13.1. The molecule has 34 heavy (non-hydrogen) atoms. The van der Waals surface area contributed by atoms with E-state index in [-0.39, 0.29) is 10.8 Å². The topological polar surface area (TPSA) is 80.5 Å². The van der Waals surface area contributed by atoms with Gasteiger partial charge in [0.15, 0.2) is 0 Å². The number of hydrogen-bond donors (Lipinski definition) is 1. The minimum Gasteiger partial charge on any atom is -0.348 e. The zero-order chi connectivity index (χ0) is 23.5. The molecule has 174 valence electrons. The molecule has 2 heterocycles. The van der Waals surface area contributed by atoms with Crippen LogP contribution in [0, 0.1) is 0 Å². The monoisotopic (exact) mass is 473 g/mol. The number of imidazole rings is 1. The molecule has 1 amide bonds. The molecule has 0 radical (unpaired) electrons. The zero-order valence-corrected chi connectivity index (χ0v) is 19.7. The van der Waals surface area contributed by atoms with Crippen LogP contribution in [0.5, 0.6) is 0 Å². The van der Waals surface area contributed by atoms with E-state index in [1.54, 1.807) is 71.5 Å². The van der Waals surface area contributed by atoms with Gasteiger partial charge < -0.3 is 9.72 Å². The van der Waals surface area contributed by atoms with Crippen LogP contribution in [-0.2, 0) is 16.4 Å². The lowest BCUT2D eigenvalue weighted by Gasteiger charge is -2.22. The summed E-state index contributed by atoms with van der Waals surface area (Å²) in [4.78, 5) is 17.2. The number of hydrogen-bond acceptors (Lipinski definition) is 4. The Bertz CT molecular complexity index is 1400. The molecule has 2 aromatic heterocycles. The van der Waals surface area contributed by atoms with Gasteiger partial charge in [-0.15, -0.1) is 0 Å². The molecule has 0 spiro atoms. The van der Waals surface area contributed by atoms with Crippen LogP contribution in [0.1, 0.15) is 59.5 Å². The molecule has 1 aliphatic rings. The van der Waals surface area contributed by atoms with Crippen molar-refractivity contribution in [2.75, 3.05) is 0 Å². The van der Waals surface area contributed by atoms with Crippen molar-refractivity contribution in [3.05, 3.63) is 95.9 Å². The predicted octanol–water partition coefficient (Wildman–Crippen LogP) is 5.14. The Hall–Kier alpha value is -3.45. The minimum absolute atomic E-state index is 0.203. The van der Waals surface area contributed by atoms with Gasteiger partial charge in [0.1, 0.15) is 5.65 Å². The summed E-state index contributed by atoms with van der Waals surface area (Å²) in [5.41, 5.74) is 3.36. The van der Waals surface area contributed by atoms with Crippen LogP contribution in [0.4, 0.5) is 0 Å². The molecule has 0 bridgehead atoms. The van der Waals surface area contributed by atoms with Crippen LogP contribution in [0.3, 0.4) is 0 Å². The zero-order valence-electron chi connectivity index (χ0n) is 18.9. The Morgan fingerprint density at radius 3 is 2.29 bits per heavy atom. The van der Waals surface area contributed by atoms with E-state index in [1.807, 2.05) is 12.1 Å². The first-order valence-corrected chi connectivity index (χ1v) is 13.1. The van der Waals surface area contributed by atoms with Crippen molar-refractivity contribution < 1.29 is 13.2 Å². The average Bonchev–Trinajstić information content (AvgIpc) is 3.36. The van der Waals surface area contributed by atoms with Gasteiger partial charge in [0.05, 0.1) is 15.4 Å². The molecule has 1 fully saturated rings. The van der Waals surface area contributed by atoms with Crippen LogP contribution in [0.25, 0.3) is 5.65 Å². The molecule has 6 nitrogen and oxygen atoms in total. The van der Waals surface area contributed by atoms with Gasteiger partial charge >= 0.3 is 0 Å². The van der Waals surface area contributed by atoms with Crippen molar-refractivity contribution in [3.63, 3.8) is 0 Å². The van der Waals surface area contributed by atoms with Crippen LogP contribution >= 0.6 is 0 Å². The lowest BCUT2D eigenvalue weighted by molar-refractivity contribution is 0.0950. The van der Waals surface area contributed by atoms with Gasteiger partial charge in [-0.3, -0.25) is 4.79 Å². The van der Waals surface area contributed by atoms with Gasteiger partial charge in [0, 0.05) is 25.1 Å². The molecular weight excluding hydrogens is 446 g/mol. The Kier molecular flexibility index (Phi) is 6.20. The largest absolute Gasteiger partial charge is 0.348 e. The molecule has 2 aromatic carbocycles. The first kappa shape index (κ1) is 22.3. The lowest BCUT2D eigenvalue weighted by Crippen LogP contribution is -2.23. The standard InChI is InChI=1S/C27H27N3O3S/c31-27(23-10-15-26-28-16-17-30(26)19-23)29-18-20-6-11-24(12-7-20)34(32,33)25-13-8-22(9-14-25)21-4-2-1-3-5-21/h6-17,19,21H,1-5,18H2,(H,29,31). The fourth-order valence-corrected chi connectivity index (χ4v) is 5.88. The lowest BCUT2D eigenvalue weighted by atomic mass is 9.84. The molecule has 1 N–H and O–H groups in total. The molecule has 1 saturated carbocycles. The number of carbonyl (C=O) groups is 1. The highest BCUT2D eigenvalue weighted by Crippen LogP contribution is 2.33. The van der Waals surface area contributed by atoms with Gasteiger partial charge in [-0.05, 0) is 66.3 Å². The first-order chi connectivity index (χ1) is 16.5. The van der Waals surface area contributed by atoms with E-state index in [9.17, 15) is 13.2 Å². The highest BCUT2D eigenvalue weighted by molar-refractivity contribution is 7.91. The van der Waals surface area contributed by atoms with Gasteiger partial charge in [-0.2, -0.15) is 0 Å². The number of sulfone groups is 1. The summed E-state index contributed by atoms with van der Waals surface area (Å²) in [6.07, 6.45) is 11.3. The molecule has 0 atom stereocenters. The molecule has 5 rings (SSSR count). The van der Waals surface area contributed by atoms with Gasteiger partial charge in [0.25, 0.3) is 5.91 Å². The number of aromatic nitrogens is 2. The molecular formula is C27H27N3O3S. The third kappa shape index (κ3) is 4.61. The van der Waals surface area contributed by atoms with Crippen molar-refractivity contribution in [1.82, 2.24) is 14.7 Å². The van der Waals surface area contributed by atoms with E-state index in [0.717, 1.165) is 11.2 Å². The van der Waals surface area contributed by atoms with Crippen molar-refractivity contribution in [1.29, 1.82) is 0 Å². The van der Waals surface area contributed by atoms with Gasteiger partial charge in [0.2, 0.25) is 9.84 Å². The Morgan fingerprint density at radius 1 is 0.912 bits per heavy atom. The average molecular weight is 474 g/mol. The third-order valence-electron chi connectivity index (χ3n) is 6.60. The van der Waals surface area contributed by atoms with Crippen molar-refractivity contribution in [2.24, 2.45) is 0 Å². The molecule has 7 heteroatoms. The second kappa shape index (κ2) is 9.43. The quantitative estimate of drug-likeness (QED) is 0.420. The Morgan fingerprint density at radius 2 is 1.59 bits per heavy atom. The minimum atomic E-state index is -3.59. The molecule has 0 aliphatic heterocycles. The Labute approximate surface area is 199 Å². The summed E-state index contributed by atoms with van der Waals surface area (Å²) in [6, 6.07) is 17.6. The van der Waals surface area contributed by atoms with E-state index in [0.29, 0.717) is 22.9 Å². The summed E-state index contributed by atoms with van der Waals surface area (Å²) in [7, 11) is -3.59. The Balaban J connectivity index is 1.24. The van der Waals surface area contributed by atoms with Crippen molar-refractivity contribution in [3.8, 4) is 0 Å². The fraction of sp³-hybridized carbons (Fsp3) is 0.259. The highest BCUT2D eigenvalue weighted by atomic mass is 32.2. The number of amides is 1. The molecule has 0 saturated heterocycles. The smallest absolute Gasteiger partial charge is 0.253 e. The van der Waals surface area contributed by atoms with Gasteiger partial charge in [-0.25, -0.2) is 13.4 Å². The third-order valence-corrected chi connectivity index (χ3v) is 8.39. The SMILES string of the molecule is O=C(NCc1ccc(S(=O)(=O)c2ccc(C3CCCCC3)cc2)cc1)c1ccc2nccn2c1. The van der Waals surface area contributed by atoms with Crippen LogP contribution < -0.4 is 5.32 Å². The van der Waals surface area contributed by atoms with Crippen LogP contribution in [0.15, 0.2) is 89.0 Å². The number of nitrogens with one attached hydrogen (secondary N) is 1. The first-order valence-electron chi connectivity index (χ1n) is 11.7. The molecule has 4 aromatic rings. The molecule has 0 unspecified atom stereocenters. The number of carbonyl (C=O) groups excluding carboxylic acids is 1. The summed E-state index contributed by atoms with van der Waals surface area (Å²) >= 11 is 0. The number of benzene rings is 2. The van der Waals surface area contributed by atoms with Crippen LogP contribution in [0.2, 0.25) is 0 Å². The van der Waals surface area contributed by atoms with E-state index >= 15 is 0 Å². The van der Waals surface area contributed by atoms with Crippen molar-refractivity contribution in [2.45, 2.75) is 54.4 Å². The number of pyridine rings is 1. The summed E-state index contributed by atoms with van der Waals surface area (Å²) in [5.74, 6) is 0.340. The fourth-order valence-electron chi connectivity index (χ4n) is 4.62. The maximum absolute atomic E-state index is 13.1. The van der Waals surface area contributed by atoms with E-state index in [1.165, 1.54) is 37.7 Å². The molecule has 1 aliphatic carbocycles. The predicted molar refractivity (Wildman–Crippen MR) is 131 cm³/mol. The number of rotatable bonds is 6. The summed E-state index contributed by atoms with van der Waals surface area (Å²) < 4.78 is 28.0. The maximum Gasteiger partial charge on any atom is 0.253 e. The summed E-state index contributed by atoms with van der Waals surface area (Å²) in [6.45, 7) is 0.303. The summed E-state index contributed by atoms with van der Waals surface area (Å²) in [5, 5.41) is 2.88. The number of nitrogens with zero attached hydrogens (tertiary/aromatic N) is 2. The van der Waals surface area contributed by atoms with E-state index in [4.69, 9.17) is 0 Å². The van der Waals surface area contributed by atoms with Crippen molar-refractivity contribution >= 4 is 21.4 Å². The second-order valence-corrected chi connectivity index (χ2v) is 10.8. The van der Waals surface area contributed by atoms with Gasteiger partial charge in [-0.1, -0.05) is 43.5 Å². The number of fused-ring (bicyclic) bond motifs is 1.